The molecular weight excluding hydrogens is 540 g/mol. The van der Waals surface area contributed by atoms with E-state index in [1.54, 1.807) is 6.92 Å². The van der Waals surface area contributed by atoms with E-state index in [-0.39, 0.29) is 23.5 Å². The quantitative estimate of drug-likeness (QED) is 0.170. The Hall–Kier alpha value is -4.92. The summed E-state index contributed by atoms with van der Waals surface area (Å²) in [7, 11) is 0. The molecule has 6 rings (SSSR count). The third-order valence-corrected chi connectivity index (χ3v) is 7.12. The van der Waals surface area contributed by atoms with Crippen LogP contribution in [0.3, 0.4) is 0 Å². The summed E-state index contributed by atoms with van der Waals surface area (Å²) < 4.78 is 8.62. The molecule has 42 heavy (non-hydrogen) atoms. The van der Waals surface area contributed by atoms with Crippen LogP contribution in [0.5, 0.6) is 0 Å². The highest BCUT2D eigenvalue weighted by Gasteiger charge is 2.47. The Labute approximate surface area is 240 Å². The molecule has 3 aromatic heterocycles. The molecule has 4 heterocycles. The molecule has 0 bridgehead atoms. The van der Waals surface area contributed by atoms with Crippen molar-refractivity contribution in [2.45, 2.75) is 37.4 Å². The van der Waals surface area contributed by atoms with Crippen LogP contribution < -0.4 is 16.4 Å². The molecule has 0 aliphatic carbocycles. The SMILES string of the molecule is CCNC(=O)[C@H]1O[C@@H](n2cnc3c(NCC(c4ccccc4)c4ccccc4)nc(-n4cnc(N)n4)nc32)[C@H](O)[C@@H]1O. The number of carbonyl (C=O) groups excluding carboxylic acids is 1. The number of nitrogens with zero attached hydrogens (tertiary/aromatic N) is 7. The summed E-state index contributed by atoms with van der Waals surface area (Å²) in [6.45, 7) is 2.56. The van der Waals surface area contributed by atoms with Crippen molar-refractivity contribution < 1.29 is 19.7 Å². The Bertz CT molecular complexity index is 1640. The first-order valence-corrected chi connectivity index (χ1v) is 13.5. The lowest BCUT2D eigenvalue weighted by molar-refractivity contribution is -0.137. The third kappa shape index (κ3) is 5.13. The normalized spacial score (nSPS) is 20.3. The van der Waals surface area contributed by atoms with Crippen LogP contribution in [0, 0.1) is 0 Å². The van der Waals surface area contributed by atoms with E-state index in [1.165, 1.54) is 21.9 Å². The summed E-state index contributed by atoms with van der Waals surface area (Å²) in [5, 5.41) is 31.6. The van der Waals surface area contributed by atoms with Crippen LogP contribution in [-0.2, 0) is 9.53 Å². The number of ether oxygens (including phenoxy) is 1. The van der Waals surface area contributed by atoms with Gasteiger partial charge < -0.3 is 31.3 Å². The summed E-state index contributed by atoms with van der Waals surface area (Å²) in [5.74, 6) is 0.0307. The van der Waals surface area contributed by atoms with E-state index in [4.69, 9.17) is 10.5 Å². The molecule has 6 N–H and O–H groups in total. The molecule has 0 saturated carbocycles. The van der Waals surface area contributed by atoms with E-state index < -0.39 is 30.4 Å². The second kappa shape index (κ2) is 11.5. The van der Waals surface area contributed by atoms with Crippen molar-refractivity contribution in [3.63, 3.8) is 0 Å². The molecule has 4 atom stereocenters. The number of hydrogen-bond acceptors (Lipinski definition) is 11. The van der Waals surface area contributed by atoms with Gasteiger partial charge in [-0.3, -0.25) is 9.36 Å². The van der Waals surface area contributed by atoms with Crippen LogP contribution in [0.4, 0.5) is 11.8 Å². The Morgan fingerprint density at radius 2 is 1.69 bits per heavy atom. The zero-order chi connectivity index (χ0) is 29.2. The molecular formula is C28H30N10O4. The number of aliphatic hydroxyl groups is 2. The minimum absolute atomic E-state index is 0.0158. The van der Waals surface area contributed by atoms with E-state index in [2.05, 4.69) is 59.9 Å². The van der Waals surface area contributed by atoms with Crippen molar-refractivity contribution in [3.8, 4) is 5.95 Å². The highest BCUT2D eigenvalue weighted by molar-refractivity contribution is 5.84. The second-order valence-electron chi connectivity index (χ2n) is 9.82. The van der Waals surface area contributed by atoms with Gasteiger partial charge in [-0.25, -0.2) is 9.97 Å². The summed E-state index contributed by atoms with van der Waals surface area (Å²) in [6.07, 6.45) is -2.48. The van der Waals surface area contributed by atoms with Crippen molar-refractivity contribution in [3.05, 3.63) is 84.4 Å². The first-order valence-electron chi connectivity index (χ1n) is 13.5. The van der Waals surface area contributed by atoms with E-state index in [0.717, 1.165) is 11.1 Å². The third-order valence-electron chi connectivity index (χ3n) is 7.12. The zero-order valence-electron chi connectivity index (χ0n) is 22.6. The zero-order valence-corrected chi connectivity index (χ0v) is 22.6. The summed E-state index contributed by atoms with van der Waals surface area (Å²) >= 11 is 0. The van der Waals surface area contributed by atoms with Gasteiger partial charge in [-0.15, -0.1) is 5.10 Å². The van der Waals surface area contributed by atoms with Gasteiger partial charge in [-0.2, -0.15) is 14.6 Å². The van der Waals surface area contributed by atoms with E-state index in [9.17, 15) is 15.0 Å². The number of rotatable bonds is 9. The molecule has 5 aromatic rings. The molecule has 216 valence electrons. The van der Waals surface area contributed by atoms with Crippen molar-refractivity contribution in [2.24, 2.45) is 0 Å². The van der Waals surface area contributed by atoms with Crippen molar-refractivity contribution >= 4 is 28.8 Å². The maximum absolute atomic E-state index is 12.5. The highest BCUT2D eigenvalue weighted by atomic mass is 16.6. The number of aliphatic hydroxyl groups excluding tert-OH is 2. The predicted octanol–water partition coefficient (Wildman–Crippen LogP) is 0.988. The van der Waals surface area contributed by atoms with E-state index >= 15 is 0 Å². The molecule has 0 spiro atoms. The Kier molecular flexibility index (Phi) is 7.48. The molecule has 14 nitrogen and oxygen atoms in total. The number of fused-ring (bicyclic) bond motifs is 1. The maximum Gasteiger partial charge on any atom is 0.256 e. The predicted molar refractivity (Wildman–Crippen MR) is 152 cm³/mol. The lowest BCUT2D eigenvalue weighted by Gasteiger charge is -2.20. The topological polar surface area (TPSA) is 191 Å². The van der Waals surface area contributed by atoms with Gasteiger partial charge in [0, 0.05) is 19.0 Å². The Balaban J connectivity index is 1.39. The van der Waals surface area contributed by atoms with Crippen molar-refractivity contribution in [2.75, 3.05) is 24.1 Å². The van der Waals surface area contributed by atoms with Crippen LogP contribution >= 0.6 is 0 Å². The van der Waals surface area contributed by atoms with Crippen LogP contribution in [0.1, 0.15) is 30.2 Å². The Morgan fingerprint density at radius 3 is 2.31 bits per heavy atom. The van der Waals surface area contributed by atoms with Gasteiger partial charge in [0.25, 0.3) is 11.9 Å². The number of aromatic nitrogens is 7. The molecule has 0 radical (unpaired) electrons. The molecule has 2 aromatic carbocycles. The number of nitrogen functional groups attached to an aromatic ring is 1. The Morgan fingerprint density at radius 1 is 1.00 bits per heavy atom. The average Bonchev–Trinajstić information content (AvgIpc) is 3.72. The average molecular weight is 571 g/mol. The molecule has 1 saturated heterocycles. The van der Waals surface area contributed by atoms with Crippen molar-refractivity contribution in [1.82, 2.24) is 39.6 Å². The summed E-state index contributed by atoms with van der Waals surface area (Å²) in [5.41, 5.74) is 8.65. The number of amides is 1. The molecule has 1 amide bonds. The van der Waals surface area contributed by atoms with Gasteiger partial charge in [0.05, 0.1) is 6.33 Å². The summed E-state index contributed by atoms with van der Waals surface area (Å²) in [6, 6.07) is 20.2. The van der Waals surface area contributed by atoms with Crippen LogP contribution in [0.15, 0.2) is 73.3 Å². The molecule has 1 aliphatic heterocycles. The second-order valence-corrected chi connectivity index (χ2v) is 9.82. The van der Waals surface area contributed by atoms with Gasteiger partial charge >= 0.3 is 0 Å². The highest BCUT2D eigenvalue weighted by Crippen LogP contribution is 2.33. The fourth-order valence-corrected chi connectivity index (χ4v) is 5.07. The van der Waals surface area contributed by atoms with Gasteiger partial charge in [-0.1, -0.05) is 60.7 Å². The molecule has 0 unspecified atom stereocenters. The fourth-order valence-electron chi connectivity index (χ4n) is 5.07. The van der Waals surface area contributed by atoms with Crippen LogP contribution in [0.25, 0.3) is 17.1 Å². The largest absolute Gasteiger partial charge is 0.387 e. The van der Waals surface area contributed by atoms with Gasteiger partial charge in [-0.05, 0) is 18.1 Å². The number of carbonyl (C=O) groups is 1. The maximum atomic E-state index is 12.5. The number of nitrogens with two attached hydrogens (primary N) is 1. The van der Waals surface area contributed by atoms with Gasteiger partial charge in [0.2, 0.25) is 5.95 Å². The summed E-state index contributed by atoms with van der Waals surface area (Å²) in [4.78, 5) is 30.3. The monoisotopic (exact) mass is 570 g/mol. The number of hydrogen-bond donors (Lipinski definition) is 5. The number of benzene rings is 2. The van der Waals surface area contributed by atoms with Crippen LogP contribution in [0.2, 0.25) is 0 Å². The molecule has 14 heteroatoms. The first kappa shape index (κ1) is 27.3. The minimum atomic E-state index is -1.45. The van der Waals surface area contributed by atoms with Gasteiger partial charge in [0.15, 0.2) is 29.3 Å². The van der Waals surface area contributed by atoms with E-state index in [1.807, 2.05) is 36.4 Å². The lowest BCUT2D eigenvalue weighted by atomic mass is 9.91. The minimum Gasteiger partial charge on any atom is -0.387 e. The standard InChI is InChI=1S/C28H30N10O4/c1-2-30-25(41)22-20(39)21(40)26(42-22)37-14-32-19-23(34-28(35-24(19)37)38-15-33-27(29)36-38)31-13-18(16-9-5-3-6-10-16)17-11-7-4-8-12-17/h3-12,14-15,18,20-22,26,39-40H,2,13H2,1H3,(H2,29,36)(H,30,41)(H,31,34,35)/t20-,21+,22-,26+/m0/s1. The number of imidazole rings is 1. The fraction of sp³-hybridized carbons (Fsp3) is 0.286. The van der Waals surface area contributed by atoms with Gasteiger partial charge in [0.1, 0.15) is 18.5 Å². The number of likely N-dealkylation sites (N-methyl/N-ethyl adjacent to an activating group) is 1. The van der Waals surface area contributed by atoms with Crippen LogP contribution in [-0.4, -0.2) is 81.8 Å². The van der Waals surface area contributed by atoms with Crippen molar-refractivity contribution in [1.29, 1.82) is 0 Å². The van der Waals surface area contributed by atoms with E-state index in [0.29, 0.717) is 24.4 Å². The molecule has 1 fully saturated rings. The molecule has 1 aliphatic rings. The number of nitrogens with one attached hydrogen (secondary N) is 2. The number of anilines is 2. The lowest BCUT2D eigenvalue weighted by Crippen LogP contribution is -2.42. The first-order chi connectivity index (χ1) is 20.4. The smallest absolute Gasteiger partial charge is 0.256 e.